The molecule has 2 unspecified atom stereocenters. The molecule has 3 N–H and O–H groups in total. The van der Waals surface area contributed by atoms with Crippen molar-refractivity contribution in [3.63, 3.8) is 0 Å². The lowest BCUT2D eigenvalue weighted by molar-refractivity contribution is -0.148. The van der Waals surface area contributed by atoms with Crippen molar-refractivity contribution >= 4 is 11.9 Å². The molecule has 1 aromatic rings. The Labute approximate surface area is 124 Å². The summed E-state index contributed by atoms with van der Waals surface area (Å²) in [7, 11) is 0. The van der Waals surface area contributed by atoms with Gasteiger partial charge in [-0.3, -0.25) is 4.79 Å². The lowest BCUT2D eigenvalue weighted by atomic mass is 9.73. The maximum Gasteiger partial charge on any atom is 0.329 e. The Balaban J connectivity index is 2.31. The first-order valence-electron chi connectivity index (χ1n) is 7.23. The number of hydrogen-bond acceptors (Lipinski definition) is 3. The van der Waals surface area contributed by atoms with Gasteiger partial charge in [0.05, 0.1) is 0 Å². The maximum atomic E-state index is 12.5. The number of carbonyl (C=O) groups excluding carboxylic acids is 1. The smallest absolute Gasteiger partial charge is 0.329 e. The number of carboxylic acid groups (broad SMARTS) is 1. The number of amides is 1. The number of benzene rings is 1. The van der Waals surface area contributed by atoms with Gasteiger partial charge in [-0.25, -0.2) is 4.79 Å². The summed E-state index contributed by atoms with van der Waals surface area (Å²) in [6.45, 7) is 3.50. The zero-order chi connectivity index (χ0) is 15.6. The van der Waals surface area contributed by atoms with E-state index in [-0.39, 0.29) is 11.7 Å². The van der Waals surface area contributed by atoms with E-state index in [2.05, 4.69) is 5.32 Å². The summed E-state index contributed by atoms with van der Waals surface area (Å²) in [5.74, 6) is -1.52. The summed E-state index contributed by atoms with van der Waals surface area (Å²) in [4.78, 5) is 24.2. The topological polar surface area (TPSA) is 86.6 Å². The molecular weight excluding hydrogens is 270 g/mol. The normalized spacial score (nSPS) is 25.3. The quantitative estimate of drug-likeness (QED) is 0.798. The predicted octanol–water partition coefficient (Wildman–Crippen LogP) is 2.46. The fourth-order valence-electron chi connectivity index (χ4n) is 3.04. The Hall–Kier alpha value is -2.04. The molecular formula is C16H21NO4. The third kappa shape index (κ3) is 2.73. The summed E-state index contributed by atoms with van der Waals surface area (Å²) in [6.07, 6.45) is 2.99. The molecule has 2 atom stereocenters. The highest BCUT2D eigenvalue weighted by molar-refractivity contribution is 5.99. The van der Waals surface area contributed by atoms with E-state index in [1.807, 2.05) is 6.92 Å². The number of carbonyl (C=O) groups is 2. The van der Waals surface area contributed by atoms with Crippen LogP contribution in [0.25, 0.3) is 0 Å². The summed E-state index contributed by atoms with van der Waals surface area (Å²) >= 11 is 0. The fourth-order valence-corrected chi connectivity index (χ4v) is 3.04. The van der Waals surface area contributed by atoms with Gasteiger partial charge in [0, 0.05) is 11.1 Å². The summed E-state index contributed by atoms with van der Waals surface area (Å²) < 4.78 is 0. The van der Waals surface area contributed by atoms with Crippen molar-refractivity contribution in [2.45, 2.75) is 45.1 Å². The fraction of sp³-hybridized carbons (Fsp3) is 0.500. The van der Waals surface area contributed by atoms with E-state index in [0.29, 0.717) is 17.5 Å². The predicted molar refractivity (Wildman–Crippen MR) is 78.3 cm³/mol. The van der Waals surface area contributed by atoms with Crippen molar-refractivity contribution in [2.75, 3.05) is 0 Å². The molecule has 1 amide bonds. The second-order valence-electron chi connectivity index (χ2n) is 5.83. The van der Waals surface area contributed by atoms with Gasteiger partial charge in [0.25, 0.3) is 5.91 Å². The number of carboxylic acids is 1. The van der Waals surface area contributed by atoms with Crippen LogP contribution in [-0.2, 0) is 4.79 Å². The maximum absolute atomic E-state index is 12.5. The second-order valence-corrected chi connectivity index (χ2v) is 5.83. The van der Waals surface area contributed by atoms with Crippen LogP contribution >= 0.6 is 0 Å². The molecule has 1 fully saturated rings. The monoisotopic (exact) mass is 291 g/mol. The first-order valence-corrected chi connectivity index (χ1v) is 7.23. The lowest BCUT2D eigenvalue weighted by Crippen LogP contribution is -2.60. The van der Waals surface area contributed by atoms with E-state index in [1.165, 1.54) is 6.07 Å². The largest absolute Gasteiger partial charge is 0.508 e. The molecule has 0 radical (unpaired) electrons. The minimum Gasteiger partial charge on any atom is -0.508 e. The van der Waals surface area contributed by atoms with Crippen molar-refractivity contribution in [2.24, 2.45) is 5.92 Å². The molecule has 0 aromatic heterocycles. The molecule has 2 rings (SSSR count). The van der Waals surface area contributed by atoms with E-state index >= 15 is 0 Å². The van der Waals surface area contributed by atoms with Crippen LogP contribution in [0, 0.1) is 12.8 Å². The zero-order valence-electron chi connectivity index (χ0n) is 12.3. The summed E-state index contributed by atoms with van der Waals surface area (Å²) in [6, 6.07) is 4.67. The van der Waals surface area contributed by atoms with Gasteiger partial charge in [0.1, 0.15) is 11.3 Å². The van der Waals surface area contributed by atoms with E-state index < -0.39 is 17.4 Å². The summed E-state index contributed by atoms with van der Waals surface area (Å²) in [5, 5.41) is 22.0. The number of rotatable bonds is 3. The molecule has 0 heterocycles. The van der Waals surface area contributed by atoms with Gasteiger partial charge in [0.2, 0.25) is 0 Å². The first-order chi connectivity index (χ1) is 9.88. The Morgan fingerprint density at radius 1 is 1.33 bits per heavy atom. The van der Waals surface area contributed by atoms with Crippen molar-refractivity contribution in [1.82, 2.24) is 5.32 Å². The minimum atomic E-state index is -1.22. The second kappa shape index (κ2) is 5.76. The van der Waals surface area contributed by atoms with E-state index in [9.17, 15) is 19.8 Å². The van der Waals surface area contributed by atoms with Gasteiger partial charge in [-0.2, -0.15) is 0 Å². The highest BCUT2D eigenvalue weighted by Crippen LogP contribution is 2.34. The average Bonchev–Trinajstić information content (AvgIpc) is 2.44. The van der Waals surface area contributed by atoms with E-state index in [1.54, 1.807) is 19.1 Å². The van der Waals surface area contributed by atoms with Crippen LogP contribution in [0.3, 0.4) is 0 Å². The van der Waals surface area contributed by atoms with Gasteiger partial charge in [-0.1, -0.05) is 25.8 Å². The molecule has 114 valence electrons. The van der Waals surface area contributed by atoms with Gasteiger partial charge in [0.15, 0.2) is 0 Å². The van der Waals surface area contributed by atoms with Gasteiger partial charge < -0.3 is 15.5 Å². The average molecular weight is 291 g/mol. The molecule has 5 heteroatoms. The lowest BCUT2D eigenvalue weighted by Gasteiger charge is -2.39. The van der Waals surface area contributed by atoms with Crippen LogP contribution < -0.4 is 5.32 Å². The van der Waals surface area contributed by atoms with Crippen molar-refractivity contribution in [3.8, 4) is 5.75 Å². The van der Waals surface area contributed by atoms with Crippen molar-refractivity contribution in [3.05, 3.63) is 29.3 Å². The number of aromatic hydroxyl groups is 1. The van der Waals surface area contributed by atoms with Gasteiger partial charge in [-0.05, 0) is 37.8 Å². The Bertz CT molecular complexity index is 569. The number of hydrogen-bond donors (Lipinski definition) is 3. The molecule has 0 spiro atoms. The summed E-state index contributed by atoms with van der Waals surface area (Å²) in [5.41, 5.74) is -0.444. The van der Waals surface area contributed by atoms with Crippen LogP contribution in [0.15, 0.2) is 18.2 Å². The Morgan fingerprint density at radius 2 is 2.05 bits per heavy atom. The Kier molecular flexibility index (Phi) is 4.21. The molecule has 21 heavy (non-hydrogen) atoms. The van der Waals surface area contributed by atoms with Gasteiger partial charge >= 0.3 is 5.97 Å². The van der Waals surface area contributed by atoms with Crippen LogP contribution in [0.4, 0.5) is 0 Å². The molecule has 1 aromatic carbocycles. The first kappa shape index (κ1) is 15.4. The molecule has 0 saturated heterocycles. The standard InChI is InChI=1S/C16H21NO4/c1-10-6-3-4-9-16(10,15(20)21)17-14(19)12-7-5-8-13(18)11(12)2/h5,7-8,10,18H,3-4,6,9H2,1-2H3,(H,17,19)(H,20,21). The highest BCUT2D eigenvalue weighted by atomic mass is 16.4. The van der Waals surface area contributed by atoms with Crippen LogP contribution in [-0.4, -0.2) is 27.6 Å². The molecule has 1 aliphatic carbocycles. The minimum absolute atomic E-state index is 0.0312. The third-order valence-corrected chi connectivity index (χ3v) is 4.57. The van der Waals surface area contributed by atoms with Crippen molar-refractivity contribution in [1.29, 1.82) is 0 Å². The Morgan fingerprint density at radius 3 is 2.67 bits per heavy atom. The molecule has 1 saturated carbocycles. The third-order valence-electron chi connectivity index (χ3n) is 4.57. The highest BCUT2D eigenvalue weighted by Gasteiger charge is 2.46. The number of nitrogens with one attached hydrogen (secondary N) is 1. The molecule has 0 bridgehead atoms. The SMILES string of the molecule is Cc1c(O)cccc1C(=O)NC1(C(=O)O)CCCCC1C. The van der Waals surface area contributed by atoms with Crippen molar-refractivity contribution < 1.29 is 19.8 Å². The van der Waals surface area contributed by atoms with Crippen LogP contribution in [0.1, 0.15) is 48.5 Å². The number of phenolic OH excluding ortho intramolecular Hbond substituents is 1. The molecule has 5 nitrogen and oxygen atoms in total. The van der Waals surface area contributed by atoms with Crippen LogP contribution in [0.5, 0.6) is 5.75 Å². The van der Waals surface area contributed by atoms with Gasteiger partial charge in [-0.15, -0.1) is 0 Å². The van der Waals surface area contributed by atoms with E-state index in [0.717, 1.165) is 19.3 Å². The molecule has 0 aliphatic heterocycles. The molecule has 1 aliphatic rings. The number of aliphatic carboxylic acids is 1. The van der Waals surface area contributed by atoms with Crippen LogP contribution in [0.2, 0.25) is 0 Å². The van der Waals surface area contributed by atoms with E-state index in [4.69, 9.17) is 0 Å². The zero-order valence-corrected chi connectivity index (χ0v) is 12.3. The number of phenols is 1.